The third kappa shape index (κ3) is 9.84. The van der Waals surface area contributed by atoms with E-state index in [2.05, 4.69) is 25.3 Å². The van der Waals surface area contributed by atoms with E-state index in [-0.39, 0.29) is 23.6 Å². The third-order valence-electron chi connectivity index (χ3n) is 11.1. The smallest absolute Gasteiger partial charge is 0.438 e. The summed E-state index contributed by atoms with van der Waals surface area (Å²) in [6, 6.07) is -0.966. The van der Waals surface area contributed by atoms with Crippen molar-refractivity contribution in [3.8, 4) is 11.6 Å². The Labute approximate surface area is 339 Å². The summed E-state index contributed by atoms with van der Waals surface area (Å²) in [6.07, 6.45) is -1.27. The van der Waals surface area contributed by atoms with E-state index in [0.717, 1.165) is 24.1 Å². The molecule has 0 unspecified atom stereocenters. The number of nitrogens with zero attached hydrogens (tertiary/aromatic N) is 3. The number of hydrogen-bond acceptors (Lipinski definition) is 11. The third-order valence-corrected chi connectivity index (χ3v) is 12.9. The Bertz CT molecular complexity index is 2130. The fourth-order valence-corrected chi connectivity index (χ4v) is 9.14. The Morgan fingerprint density at radius 1 is 1.07 bits per heavy atom. The van der Waals surface area contributed by atoms with Crippen molar-refractivity contribution in [2.45, 2.75) is 127 Å². The Morgan fingerprint density at radius 3 is 2.39 bits per heavy atom. The van der Waals surface area contributed by atoms with Crippen molar-refractivity contribution in [3.05, 3.63) is 35.8 Å². The van der Waals surface area contributed by atoms with Gasteiger partial charge in [-0.05, 0) is 71.1 Å². The molecule has 1 aromatic carbocycles. The fourth-order valence-electron chi connectivity index (χ4n) is 7.77. The summed E-state index contributed by atoms with van der Waals surface area (Å²) in [5.41, 5.74) is -4.88. The topological polar surface area (TPSA) is 195 Å². The lowest BCUT2D eigenvalue weighted by Crippen LogP contribution is -2.59. The average molecular weight is 855 g/mol. The number of carbonyl (C=O) groups is 4. The minimum Gasteiger partial charge on any atom is -0.494 e. The van der Waals surface area contributed by atoms with E-state index in [0.29, 0.717) is 38.5 Å². The van der Waals surface area contributed by atoms with Crippen molar-refractivity contribution in [2.75, 3.05) is 13.7 Å². The molecule has 3 heterocycles. The van der Waals surface area contributed by atoms with Crippen molar-refractivity contribution < 1.29 is 59.4 Å². The quantitative estimate of drug-likeness (QED) is 0.241. The zero-order chi connectivity index (χ0) is 43.2. The maximum absolute atomic E-state index is 14.9. The number of fused-ring (bicyclic) bond motifs is 3. The zero-order valence-electron chi connectivity index (χ0n) is 33.7. The van der Waals surface area contributed by atoms with Crippen molar-refractivity contribution >= 4 is 44.9 Å². The summed E-state index contributed by atoms with van der Waals surface area (Å²) in [4.78, 5) is 65.1. The van der Waals surface area contributed by atoms with Crippen LogP contribution in [0.15, 0.2) is 24.3 Å². The SMILES string of the molecule is CC[C@@H]1C[C@H](C)CC/C=C\[C@@H]2C[C@@]2(C(=O)NS(=O)(=O)C2CC2)NC(=O)[C@@H]2C[C@@H](Oc3nc4cc(OC)c(F)cc4nc3C(F)(F)F)CN2C(=O)[C@H]1NC(=O)OC(C)(C)C. The second-order valence-electron chi connectivity index (χ2n) is 16.9. The molecule has 7 atom stereocenters. The molecule has 0 radical (unpaired) electrons. The summed E-state index contributed by atoms with van der Waals surface area (Å²) in [6.45, 7) is 8.28. The first-order valence-electron chi connectivity index (χ1n) is 19.7. The highest BCUT2D eigenvalue weighted by Crippen LogP contribution is 2.46. The van der Waals surface area contributed by atoms with Gasteiger partial charge in [-0.15, -0.1) is 0 Å². The summed E-state index contributed by atoms with van der Waals surface area (Å²) >= 11 is 0. The standard InChI is InChI=1S/C39H50F4N6O9S/c1-7-21-14-20(2)10-8-9-11-22-18-38(22,35(52)48-59(54,55)24-12-13-24)47-32(50)28-15-23(19-49(28)34(51)30(21)46-36(53)58-37(3,4)5)57-33-31(39(41,42)43)44-26-16-25(40)29(56-6)17-27(26)45-33/h9,11,16-17,20-24,28,30H,7-8,10,12-15,18-19H2,1-6H3,(H,46,53)(H,47,50)(H,48,52)/b11-9-/t20-,21-,22-,23-,28+,30+,38-/m1/s1. The highest BCUT2D eigenvalue weighted by Gasteiger charge is 2.62. The van der Waals surface area contributed by atoms with E-state index in [1.54, 1.807) is 26.8 Å². The van der Waals surface area contributed by atoms with E-state index < -0.39 is 122 Å². The molecule has 59 heavy (non-hydrogen) atoms. The lowest BCUT2D eigenvalue weighted by Gasteiger charge is -2.34. The van der Waals surface area contributed by atoms with Gasteiger partial charge in [-0.1, -0.05) is 32.4 Å². The van der Waals surface area contributed by atoms with Crippen LogP contribution < -0.4 is 24.8 Å². The fraction of sp³-hybridized carbons (Fsp3) is 0.641. The largest absolute Gasteiger partial charge is 0.494 e. The molecule has 6 rings (SSSR count). The molecular formula is C39H50F4N6O9S. The number of hydrogen-bond donors (Lipinski definition) is 3. The van der Waals surface area contributed by atoms with Gasteiger partial charge in [0.1, 0.15) is 29.3 Å². The van der Waals surface area contributed by atoms with E-state index in [1.807, 2.05) is 19.9 Å². The molecule has 3 N–H and O–H groups in total. The highest BCUT2D eigenvalue weighted by molar-refractivity contribution is 7.91. The lowest BCUT2D eigenvalue weighted by atomic mass is 9.85. The molecule has 15 nitrogen and oxygen atoms in total. The number of ether oxygens (including phenoxy) is 3. The molecule has 3 fully saturated rings. The van der Waals surface area contributed by atoms with Crippen LogP contribution in [0.25, 0.3) is 11.0 Å². The van der Waals surface area contributed by atoms with Crippen molar-refractivity contribution in [1.82, 2.24) is 30.2 Å². The molecular weight excluding hydrogens is 805 g/mol. The van der Waals surface area contributed by atoms with Crippen molar-refractivity contribution in [1.29, 1.82) is 0 Å². The van der Waals surface area contributed by atoms with Gasteiger partial charge in [-0.2, -0.15) is 13.2 Å². The second-order valence-corrected chi connectivity index (χ2v) is 18.9. The number of alkyl carbamates (subject to hydrolysis) is 1. The van der Waals surface area contributed by atoms with Crippen LogP contribution in [0.5, 0.6) is 11.6 Å². The Morgan fingerprint density at radius 2 is 1.76 bits per heavy atom. The van der Waals surface area contributed by atoms with E-state index in [9.17, 15) is 45.2 Å². The maximum atomic E-state index is 14.9. The van der Waals surface area contributed by atoms with Crippen LogP contribution in [0.4, 0.5) is 22.4 Å². The molecule has 4 aliphatic rings. The van der Waals surface area contributed by atoms with Crippen molar-refractivity contribution in [3.63, 3.8) is 0 Å². The molecule has 2 aromatic rings. The molecule has 1 aromatic heterocycles. The van der Waals surface area contributed by atoms with Gasteiger partial charge in [0.05, 0.1) is 29.9 Å². The summed E-state index contributed by atoms with van der Waals surface area (Å²) in [7, 11) is -2.87. The maximum Gasteiger partial charge on any atom is 0.438 e. The number of sulfonamides is 1. The molecule has 2 aliphatic carbocycles. The van der Waals surface area contributed by atoms with Gasteiger partial charge < -0.3 is 29.7 Å². The summed E-state index contributed by atoms with van der Waals surface area (Å²) in [5, 5.41) is 4.67. The van der Waals surface area contributed by atoms with Crippen LogP contribution in [0.1, 0.15) is 91.7 Å². The normalized spacial score (nSPS) is 28.6. The van der Waals surface area contributed by atoms with Crippen LogP contribution in [-0.4, -0.2) is 95.3 Å². The predicted octanol–water partition coefficient (Wildman–Crippen LogP) is 4.92. The van der Waals surface area contributed by atoms with Crippen LogP contribution >= 0.6 is 0 Å². The summed E-state index contributed by atoms with van der Waals surface area (Å²) in [5.74, 6) is -5.96. The Hall–Kier alpha value is -4.75. The summed E-state index contributed by atoms with van der Waals surface area (Å²) < 4.78 is 102. The minimum absolute atomic E-state index is 0.0194. The monoisotopic (exact) mass is 854 g/mol. The van der Waals surface area contributed by atoms with Gasteiger partial charge in [-0.3, -0.25) is 19.1 Å². The van der Waals surface area contributed by atoms with Crippen LogP contribution in [0.2, 0.25) is 0 Å². The molecule has 0 bridgehead atoms. The second kappa shape index (κ2) is 16.4. The van der Waals surface area contributed by atoms with Crippen molar-refractivity contribution in [2.24, 2.45) is 17.8 Å². The van der Waals surface area contributed by atoms with Gasteiger partial charge in [0, 0.05) is 24.5 Å². The first-order chi connectivity index (χ1) is 27.5. The highest BCUT2D eigenvalue weighted by atomic mass is 32.2. The number of nitrogens with one attached hydrogen (secondary N) is 3. The van der Waals surface area contributed by atoms with E-state index in [1.165, 1.54) is 0 Å². The molecule has 1 saturated heterocycles. The number of allylic oxidation sites excluding steroid dienone is 1. The first-order valence-corrected chi connectivity index (χ1v) is 21.2. The van der Waals surface area contributed by atoms with Gasteiger partial charge in [0.2, 0.25) is 33.4 Å². The van der Waals surface area contributed by atoms with Crippen LogP contribution in [-0.2, 0) is 35.3 Å². The number of rotatable bonds is 8. The number of methoxy groups -OCH3 is 1. The molecule has 4 amide bonds. The number of alkyl halides is 3. The lowest BCUT2D eigenvalue weighted by molar-refractivity contribution is -0.143. The molecule has 2 aliphatic heterocycles. The zero-order valence-corrected chi connectivity index (χ0v) is 34.5. The van der Waals surface area contributed by atoms with Gasteiger partial charge in [0.25, 0.3) is 5.91 Å². The average Bonchev–Trinajstić information content (AvgIpc) is 4.06. The molecule has 0 spiro atoms. The van der Waals surface area contributed by atoms with Crippen LogP contribution in [0, 0.1) is 23.6 Å². The van der Waals surface area contributed by atoms with Gasteiger partial charge in [0.15, 0.2) is 11.6 Å². The number of benzene rings is 1. The Balaban J connectivity index is 1.40. The predicted molar refractivity (Wildman–Crippen MR) is 204 cm³/mol. The Kier molecular flexibility index (Phi) is 12.2. The number of amides is 4. The van der Waals surface area contributed by atoms with Gasteiger partial charge >= 0.3 is 12.3 Å². The molecule has 324 valence electrons. The molecule has 20 heteroatoms. The first kappa shape index (κ1) is 43.8. The molecule has 2 saturated carbocycles. The minimum atomic E-state index is -5.13. The number of carbonyl (C=O) groups excluding carboxylic acids is 4. The van der Waals surface area contributed by atoms with Crippen LogP contribution in [0.3, 0.4) is 0 Å². The number of aromatic nitrogens is 2. The van der Waals surface area contributed by atoms with E-state index >= 15 is 0 Å². The van der Waals surface area contributed by atoms with E-state index in [4.69, 9.17) is 14.2 Å². The number of halogens is 4. The van der Waals surface area contributed by atoms with Gasteiger partial charge in [-0.25, -0.2) is 27.6 Å².